The first-order valence-electron chi connectivity index (χ1n) is 7.45. The van der Waals surface area contributed by atoms with Gasteiger partial charge in [-0.25, -0.2) is 4.79 Å². The Bertz CT molecular complexity index is 866. The van der Waals surface area contributed by atoms with Gasteiger partial charge in [0.25, 0.3) is 0 Å². The van der Waals surface area contributed by atoms with Crippen LogP contribution in [0, 0.1) is 3.57 Å². The van der Waals surface area contributed by atoms with Crippen LogP contribution in [-0.2, 0) is 0 Å². The number of amides is 2. The van der Waals surface area contributed by atoms with Crippen molar-refractivity contribution in [2.75, 3.05) is 10.2 Å². The highest BCUT2D eigenvalue weighted by molar-refractivity contribution is 14.1. The molecule has 0 atom stereocenters. The molecule has 3 aromatic rings. The standard InChI is InChI=1S/C19H13IN2OS/c20-13-9-11-14(12-10-13)21-19(23)22-15-5-1-3-7-17(15)24-18-8-4-2-6-16(18)22/h1-12H,(H,21,23). The van der Waals surface area contributed by atoms with Gasteiger partial charge in [-0.1, -0.05) is 36.0 Å². The molecule has 0 bridgehead atoms. The predicted octanol–water partition coefficient (Wildman–Crippen LogP) is 6.13. The molecule has 5 heteroatoms. The van der Waals surface area contributed by atoms with E-state index in [2.05, 4.69) is 27.9 Å². The molecule has 0 saturated heterocycles. The molecule has 0 unspecified atom stereocenters. The Kier molecular flexibility index (Phi) is 4.20. The van der Waals surface area contributed by atoms with Gasteiger partial charge < -0.3 is 5.32 Å². The van der Waals surface area contributed by atoms with Crippen molar-refractivity contribution in [3.63, 3.8) is 0 Å². The molecule has 0 fully saturated rings. The van der Waals surface area contributed by atoms with Crippen LogP contribution in [-0.4, -0.2) is 6.03 Å². The summed E-state index contributed by atoms with van der Waals surface area (Å²) in [7, 11) is 0. The zero-order valence-electron chi connectivity index (χ0n) is 12.6. The molecule has 2 amide bonds. The average Bonchev–Trinajstić information content (AvgIpc) is 2.61. The maximum atomic E-state index is 13.0. The fourth-order valence-corrected chi connectivity index (χ4v) is 4.05. The van der Waals surface area contributed by atoms with Gasteiger partial charge in [0.05, 0.1) is 11.4 Å². The fourth-order valence-electron chi connectivity index (χ4n) is 2.64. The first kappa shape index (κ1) is 15.5. The number of benzene rings is 3. The molecule has 3 nitrogen and oxygen atoms in total. The second-order valence-corrected chi connectivity index (χ2v) is 7.64. The van der Waals surface area contributed by atoms with Gasteiger partial charge in [-0.05, 0) is 71.1 Å². The summed E-state index contributed by atoms with van der Waals surface area (Å²) < 4.78 is 1.13. The third-order valence-corrected chi connectivity index (χ3v) is 5.58. The Hall–Kier alpha value is -1.99. The number of halogens is 1. The minimum Gasteiger partial charge on any atom is -0.307 e. The van der Waals surface area contributed by atoms with Crippen molar-refractivity contribution in [1.29, 1.82) is 0 Å². The minimum absolute atomic E-state index is 0.156. The molecule has 1 heterocycles. The number of para-hydroxylation sites is 2. The van der Waals surface area contributed by atoms with Gasteiger partial charge in [-0.3, -0.25) is 4.90 Å². The van der Waals surface area contributed by atoms with E-state index in [0.29, 0.717) is 0 Å². The topological polar surface area (TPSA) is 32.3 Å². The highest BCUT2D eigenvalue weighted by Gasteiger charge is 2.27. The number of fused-ring (bicyclic) bond motifs is 2. The number of urea groups is 1. The number of carbonyl (C=O) groups excluding carboxylic acids is 1. The number of hydrogen-bond acceptors (Lipinski definition) is 2. The summed E-state index contributed by atoms with van der Waals surface area (Å²) >= 11 is 3.94. The van der Waals surface area contributed by atoms with E-state index < -0.39 is 0 Å². The molecule has 4 rings (SSSR count). The van der Waals surface area contributed by atoms with Crippen LogP contribution < -0.4 is 10.2 Å². The summed E-state index contributed by atoms with van der Waals surface area (Å²) in [5, 5.41) is 3.00. The third kappa shape index (κ3) is 2.89. The highest BCUT2D eigenvalue weighted by Crippen LogP contribution is 2.47. The molecule has 0 aromatic heterocycles. The van der Waals surface area contributed by atoms with E-state index in [-0.39, 0.29) is 6.03 Å². The predicted molar refractivity (Wildman–Crippen MR) is 107 cm³/mol. The quantitative estimate of drug-likeness (QED) is 0.459. The van der Waals surface area contributed by atoms with Gasteiger partial charge in [0, 0.05) is 19.0 Å². The number of hydrogen-bond donors (Lipinski definition) is 1. The number of anilines is 3. The zero-order valence-corrected chi connectivity index (χ0v) is 15.5. The van der Waals surface area contributed by atoms with Gasteiger partial charge in [0.1, 0.15) is 0 Å². The molecule has 1 aliphatic rings. The Morgan fingerprint density at radius 2 is 1.38 bits per heavy atom. The van der Waals surface area contributed by atoms with Crippen molar-refractivity contribution in [2.24, 2.45) is 0 Å². The number of carbonyl (C=O) groups is 1. The number of nitrogens with one attached hydrogen (secondary N) is 1. The molecule has 3 aromatic carbocycles. The lowest BCUT2D eigenvalue weighted by Gasteiger charge is -2.31. The van der Waals surface area contributed by atoms with Gasteiger partial charge in [0.15, 0.2) is 0 Å². The van der Waals surface area contributed by atoms with E-state index in [1.54, 1.807) is 16.7 Å². The molecule has 0 spiro atoms. The zero-order chi connectivity index (χ0) is 16.5. The molecule has 1 aliphatic heterocycles. The average molecular weight is 444 g/mol. The lowest BCUT2D eigenvalue weighted by molar-refractivity contribution is 0.259. The molecular weight excluding hydrogens is 431 g/mol. The van der Waals surface area contributed by atoms with Crippen LogP contribution in [0.5, 0.6) is 0 Å². The van der Waals surface area contributed by atoms with Crippen molar-refractivity contribution in [1.82, 2.24) is 0 Å². The van der Waals surface area contributed by atoms with Crippen LogP contribution in [0.4, 0.5) is 21.9 Å². The molecule has 24 heavy (non-hydrogen) atoms. The molecule has 0 aliphatic carbocycles. The van der Waals surface area contributed by atoms with Crippen LogP contribution in [0.2, 0.25) is 0 Å². The van der Waals surface area contributed by atoms with Crippen LogP contribution in [0.1, 0.15) is 0 Å². The first-order valence-corrected chi connectivity index (χ1v) is 9.34. The Morgan fingerprint density at radius 1 is 0.833 bits per heavy atom. The Labute approximate surface area is 158 Å². The van der Waals surface area contributed by atoms with Gasteiger partial charge in [-0.15, -0.1) is 0 Å². The minimum atomic E-state index is -0.156. The van der Waals surface area contributed by atoms with E-state index in [4.69, 9.17) is 0 Å². The highest BCUT2D eigenvalue weighted by atomic mass is 127. The van der Waals surface area contributed by atoms with E-state index in [1.807, 2.05) is 72.8 Å². The lowest BCUT2D eigenvalue weighted by atomic mass is 10.2. The van der Waals surface area contributed by atoms with Crippen molar-refractivity contribution >= 4 is 57.4 Å². The normalized spacial score (nSPS) is 12.3. The largest absolute Gasteiger partial charge is 0.331 e. The van der Waals surface area contributed by atoms with E-state index in [1.165, 1.54) is 0 Å². The van der Waals surface area contributed by atoms with Gasteiger partial charge >= 0.3 is 6.03 Å². The Morgan fingerprint density at radius 3 is 1.96 bits per heavy atom. The SMILES string of the molecule is O=C(Nc1ccc(I)cc1)N1c2ccccc2Sc2ccccc21. The Balaban J connectivity index is 1.74. The maximum Gasteiger partial charge on any atom is 0.331 e. The summed E-state index contributed by atoms with van der Waals surface area (Å²) in [6.07, 6.45) is 0. The van der Waals surface area contributed by atoms with E-state index >= 15 is 0 Å². The maximum absolute atomic E-state index is 13.0. The summed E-state index contributed by atoms with van der Waals surface area (Å²) in [5.41, 5.74) is 2.60. The monoisotopic (exact) mass is 444 g/mol. The van der Waals surface area contributed by atoms with Gasteiger partial charge in [-0.2, -0.15) is 0 Å². The van der Waals surface area contributed by atoms with Crippen molar-refractivity contribution in [3.05, 3.63) is 76.4 Å². The van der Waals surface area contributed by atoms with Crippen LogP contribution in [0.3, 0.4) is 0 Å². The molecule has 0 radical (unpaired) electrons. The summed E-state index contributed by atoms with van der Waals surface area (Å²) in [6, 6.07) is 23.6. The van der Waals surface area contributed by atoms with Gasteiger partial charge in [0.2, 0.25) is 0 Å². The summed E-state index contributed by atoms with van der Waals surface area (Å²) in [4.78, 5) is 16.9. The molecule has 118 valence electrons. The lowest BCUT2D eigenvalue weighted by Crippen LogP contribution is -2.32. The molecule has 0 saturated carbocycles. The van der Waals surface area contributed by atoms with E-state index in [0.717, 1.165) is 30.4 Å². The number of nitrogens with zero attached hydrogens (tertiary/aromatic N) is 1. The summed E-state index contributed by atoms with van der Waals surface area (Å²) in [5.74, 6) is 0. The molecule has 1 N–H and O–H groups in total. The number of rotatable bonds is 1. The van der Waals surface area contributed by atoms with Crippen LogP contribution in [0.15, 0.2) is 82.6 Å². The van der Waals surface area contributed by atoms with Crippen molar-refractivity contribution in [2.45, 2.75) is 9.79 Å². The molecular formula is C19H13IN2OS. The first-order chi connectivity index (χ1) is 11.7. The van der Waals surface area contributed by atoms with E-state index in [9.17, 15) is 4.79 Å². The third-order valence-electron chi connectivity index (χ3n) is 3.73. The van der Waals surface area contributed by atoms with Crippen molar-refractivity contribution in [3.8, 4) is 0 Å². The second-order valence-electron chi connectivity index (χ2n) is 5.31. The summed E-state index contributed by atoms with van der Waals surface area (Å²) in [6.45, 7) is 0. The van der Waals surface area contributed by atoms with Crippen molar-refractivity contribution < 1.29 is 4.79 Å². The van der Waals surface area contributed by atoms with Crippen LogP contribution in [0.25, 0.3) is 0 Å². The smallest absolute Gasteiger partial charge is 0.307 e. The fraction of sp³-hybridized carbons (Fsp3) is 0. The van der Waals surface area contributed by atoms with Crippen LogP contribution >= 0.6 is 34.4 Å². The second kappa shape index (κ2) is 6.49.